The summed E-state index contributed by atoms with van der Waals surface area (Å²) in [6, 6.07) is 1.85. The van der Waals surface area contributed by atoms with Gasteiger partial charge in [-0.3, -0.25) is 0 Å². The second-order valence-electron chi connectivity index (χ2n) is 4.01. The minimum Gasteiger partial charge on any atom is -0.481 e. The van der Waals surface area contributed by atoms with E-state index in [9.17, 15) is 0 Å². The van der Waals surface area contributed by atoms with E-state index in [0.717, 1.165) is 37.6 Å². The number of alkyl halides is 1. The van der Waals surface area contributed by atoms with Gasteiger partial charge in [0, 0.05) is 29.7 Å². The molecule has 0 atom stereocenters. The molecule has 1 aliphatic heterocycles. The molecule has 0 unspecified atom stereocenters. The number of aryl methyl sites for hydroxylation is 1. The first-order valence-corrected chi connectivity index (χ1v) is 6.39. The minimum absolute atomic E-state index is 0.635. The van der Waals surface area contributed by atoms with Crippen LogP contribution in [-0.2, 0) is 0 Å². The molecule has 2 rings (SSSR count). The molecule has 0 amide bonds. The van der Waals surface area contributed by atoms with Gasteiger partial charge in [0.15, 0.2) is 0 Å². The van der Waals surface area contributed by atoms with Crippen molar-refractivity contribution in [2.75, 3.05) is 25.1 Å². The van der Waals surface area contributed by atoms with Crippen LogP contribution in [-0.4, -0.2) is 35.0 Å². The molecule has 0 spiro atoms. The van der Waals surface area contributed by atoms with E-state index in [1.54, 1.807) is 7.11 Å². The Hall–Kier alpha value is -0.840. The number of hydrogen-bond donors (Lipinski definition) is 0. The molecule has 0 radical (unpaired) electrons. The topological polar surface area (TPSA) is 38.2 Å². The third kappa shape index (κ3) is 2.64. The average molecular weight is 286 g/mol. The molecule has 4 nitrogen and oxygen atoms in total. The molecular weight excluding hydrogens is 270 g/mol. The Balaban J connectivity index is 2.16. The van der Waals surface area contributed by atoms with E-state index in [-0.39, 0.29) is 0 Å². The number of nitrogens with zero attached hydrogens (tertiary/aromatic N) is 3. The molecule has 1 fully saturated rings. The van der Waals surface area contributed by atoms with Crippen LogP contribution in [0.15, 0.2) is 6.07 Å². The smallest absolute Gasteiger partial charge is 0.228 e. The molecule has 5 heteroatoms. The summed E-state index contributed by atoms with van der Waals surface area (Å²) in [5.41, 5.74) is 0.947. The van der Waals surface area contributed by atoms with E-state index >= 15 is 0 Å². The van der Waals surface area contributed by atoms with Gasteiger partial charge in [0.1, 0.15) is 0 Å². The third-order valence-electron chi connectivity index (χ3n) is 2.74. The maximum Gasteiger partial charge on any atom is 0.228 e. The Morgan fingerprint density at radius 3 is 2.69 bits per heavy atom. The Morgan fingerprint density at radius 1 is 1.38 bits per heavy atom. The van der Waals surface area contributed by atoms with Crippen LogP contribution in [0.1, 0.15) is 18.5 Å². The summed E-state index contributed by atoms with van der Waals surface area (Å²) in [6.45, 7) is 3.97. The highest BCUT2D eigenvalue weighted by molar-refractivity contribution is 9.09. The highest BCUT2D eigenvalue weighted by atomic mass is 79.9. The summed E-state index contributed by atoms with van der Waals surface area (Å²) in [6.07, 6.45) is 2.28. The second kappa shape index (κ2) is 4.99. The average Bonchev–Trinajstić information content (AvgIpc) is 2.29. The van der Waals surface area contributed by atoms with E-state index in [1.807, 2.05) is 13.0 Å². The maximum absolute atomic E-state index is 5.16. The van der Waals surface area contributed by atoms with Crippen LogP contribution in [0.25, 0.3) is 0 Å². The normalized spacial score (nSPS) is 17.6. The highest BCUT2D eigenvalue weighted by Gasteiger charge is 2.19. The summed E-state index contributed by atoms with van der Waals surface area (Å²) in [4.78, 5) is 11.7. The highest BCUT2D eigenvalue weighted by Crippen LogP contribution is 2.22. The predicted molar refractivity (Wildman–Crippen MR) is 67.5 cm³/mol. The van der Waals surface area contributed by atoms with Crippen molar-refractivity contribution in [3.8, 4) is 5.88 Å². The van der Waals surface area contributed by atoms with E-state index in [0.29, 0.717) is 10.7 Å². The molecule has 1 saturated heterocycles. The van der Waals surface area contributed by atoms with Crippen molar-refractivity contribution in [1.82, 2.24) is 9.97 Å². The van der Waals surface area contributed by atoms with Crippen LogP contribution in [0.4, 0.5) is 5.95 Å². The number of ether oxygens (including phenoxy) is 1. The van der Waals surface area contributed by atoms with Crippen molar-refractivity contribution in [3.05, 3.63) is 11.8 Å². The lowest BCUT2D eigenvalue weighted by Crippen LogP contribution is -2.35. The predicted octanol–water partition coefficient (Wildman–Crippen LogP) is 2.16. The third-order valence-corrected chi connectivity index (χ3v) is 3.65. The number of piperidine rings is 1. The fraction of sp³-hybridized carbons (Fsp3) is 0.636. The van der Waals surface area contributed by atoms with Crippen LogP contribution in [0.3, 0.4) is 0 Å². The Morgan fingerprint density at radius 2 is 2.06 bits per heavy atom. The number of hydrogen-bond acceptors (Lipinski definition) is 4. The van der Waals surface area contributed by atoms with Crippen LogP contribution in [0.5, 0.6) is 5.88 Å². The van der Waals surface area contributed by atoms with Gasteiger partial charge in [-0.1, -0.05) is 15.9 Å². The summed E-state index contributed by atoms with van der Waals surface area (Å²) in [5.74, 6) is 1.43. The summed E-state index contributed by atoms with van der Waals surface area (Å²) in [7, 11) is 1.64. The second-order valence-corrected chi connectivity index (χ2v) is 5.31. The first-order valence-electron chi connectivity index (χ1n) is 5.47. The van der Waals surface area contributed by atoms with E-state index in [4.69, 9.17) is 4.74 Å². The zero-order valence-electron chi connectivity index (χ0n) is 9.61. The number of methoxy groups -OCH3 is 1. The van der Waals surface area contributed by atoms with Gasteiger partial charge in [-0.15, -0.1) is 0 Å². The van der Waals surface area contributed by atoms with Gasteiger partial charge in [0.2, 0.25) is 11.8 Å². The Kier molecular flexibility index (Phi) is 3.63. The number of halogens is 1. The van der Waals surface area contributed by atoms with Crippen molar-refractivity contribution < 1.29 is 4.74 Å². The fourth-order valence-corrected chi connectivity index (χ4v) is 2.23. The quantitative estimate of drug-likeness (QED) is 0.781. The van der Waals surface area contributed by atoms with Crippen molar-refractivity contribution >= 4 is 21.9 Å². The largest absolute Gasteiger partial charge is 0.481 e. The van der Waals surface area contributed by atoms with Crippen LogP contribution >= 0.6 is 15.9 Å². The Bertz CT molecular complexity index is 364. The molecule has 0 bridgehead atoms. The maximum atomic E-state index is 5.16. The Labute approximate surface area is 104 Å². The SMILES string of the molecule is COc1cc(C)nc(N2CCC(Br)CC2)n1. The van der Waals surface area contributed by atoms with Gasteiger partial charge in [-0.2, -0.15) is 4.98 Å². The van der Waals surface area contributed by atoms with Crippen LogP contribution in [0, 0.1) is 6.92 Å². The number of aromatic nitrogens is 2. The molecule has 1 aromatic rings. The lowest BCUT2D eigenvalue weighted by Gasteiger charge is -2.29. The molecule has 0 N–H and O–H groups in total. The van der Waals surface area contributed by atoms with Gasteiger partial charge < -0.3 is 9.64 Å². The summed E-state index contributed by atoms with van der Waals surface area (Å²) in [5, 5.41) is 0. The summed E-state index contributed by atoms with van der Waals surface area (Å²) >= 11 is 3.64. The van der Waals surface area contributed by atoms with Crippen LogP contribution < -0.4 is 9.64 Å². The van der Waals surface area contributed by atoms with Gasteiger partial charge in [-0.05, 0) is 19.8 Å². The number of rotatable bonds is 2. The zero-order chi connectivity index (χ0) is 11.5. The fourth-order valence-electron chi connectivity index (χ4n) is 1.82. The van der Waals surface area contributed by atoms with Crippen molar-refractivity contribution in [2.45, 2.75) is 24.6 Å². The minimum atomic E-state index is 0.635. The van der Waals surface area contributed by atoms with Crippen molar-refractivity contribution in [1.29, 1.82) is 0 Å². The van der Waals surface area contributed by atoms with E-state index < -0.39 is 0 Å². The molecule has 0 saturated carbocycles. The monoisotopic (exact) mass is 285 g/mol. The van der Waals surface area contributed by atoms with Crippen LogP contribution in [0.2, 0.25) is 0 Å². The van der Waals surface area contributed by atoms with Gasteiger partial charge >= 0.3 is 0 Å². The first kappa shape index (κ1) is 11.6. The molecule has 0 aliphatic carbocycles. The van der Waals surface area contributed by atoms with E-state index in [1.165, 1.54) is 0 Å². The molecular formula is C11H16BrN3O. The molecule has 1 aliphatic rings. The molecule has 16 heavy (non-hydrogen) atoms. The molecule has 0 aromatic carbocycles. The van der Waals surface area contributed by atoms with E-state index in [2.05, 4.69) is 30.8 Å². The molecule has 2 heterocycles. The lowest BCUT2D eigenvalue weighted by molar-refractivity contribution is 0.395. The zero-order valence-corrected chi connectivity index (χ0v) is 11.2. The summed E-state index contributed by atoms with van der Waals surface area (Å²) < 4.78 is 5.16. The van der Waals surface area contributed by atoms with Crippen molar-refractivity contribution in [3.63, 3.8) is 0 Å². The first-order chi connectivity index (χ1) is 7.69. The lowest BCUT2D eigenvalue weighted by atomic mass is 10.1. The number of anilines is 1. The molecule has 88 valence electrons. The standard InChI is InChI=1S/C11H16BrN3O/c1-8-7-10(16-2)14-11(13-8)15-5-3-9(12)4-6-15/h7,9H,3-6H2,1-2H3. The van der Waals surface area contributed by atoms with Crippen molar-refractivity contribution in [2.24, 2.45) is 0 Å². The van der Waals surface area contributed by atoms with Gasteiger partial charge in [-0.25, -0.2) is 4.98 Å². The van der Waals surface area contributed by atoms with Gasteiger partial charge in [0.25, 0.3) is 0 Å². The molecule has 1 aromatic heterocycles. The van der Waals surface area contributed by atoms with Gasteiger partial charge in [0.05, 0.1) is 7.11 Å².